The van der Waals surface area contributed by atoms with Gasteiger partial charge in [-0.1, -0.05) is 6.07 Å². The van der Waals surface area contributed by atoms with E-state index in [-0.39, 0.29) is 30.1 Å². The van der Waals surface area contributed by atoms with Gasteiger partial charge in [-0.3, -0.25) is 9.59 Å². The molecule has 0 aliphatic heterocycles. The molecule has 21 heavy (non-hydrogen) atoms. The van der Waals surface area contributed by atoms with Gasteiger partial charge in [-0.05, 0) is 31.2 Å². The summed E-state index contributed by atoms with van der Waals surface area (Å²) in [6, 6.07) is 7.46. The average Bonchev–Trinajstić information content (AvgIpc) is 2.44. The molecule has 0 unspecified atom stereocenters. The lowest BCUT2D eigenvalue weighted by atomic mass is 10.2. The summed E-state index contributed by atoms with van der Waals surface area (Å²) in [6.07, 6.45) is 1.78. The van der Waals surface area contributed by atoms with Crippen LogP contribution in [0, 0.1) is 12.7 Å². The lowest BCUT2D eigenvalue weighted by Gasteiger charge is -2.08. The van der Waals surface area contributed by atoms with Gasteiger partial charge in [-0.25, -0.2) is 4.39 Å². The minimum atomic E-state index is -0.528. The minimum absolute atomic E-state index is 0.0253. The van der Waals surface area contributed by atoms with Gasteiger partial charge in [-0.2, -0.15) is 0 Å². The third kappa shape index (κ3) is 3.68. The number of nitrogens with two attached hydrogens (primary N) is 1. The fourth-order valence-corrected chi connectivity index (χ4v) is 1.90. The Kier molecular flexibility index (Phi) is 4.37. The van der Waals surface area contributed by atoms with E-state index in [1.54, 1.807) is 25.3 Å². The first-order chi connectivity index (χ1) is 9.97. The number of halogens is 1. The van der Waals surface area contributed by atoms with Gasteiger partial charge >= 0.3 is 0 Å². The first kappa shape index (κ1) is 14.8. The Labute approximate surface area is 121 Å². The van der Waals surface area contributed by atoms with Crippen LogP contribution in [0.3, 0.4) is 0 Å². The number of nitrogen functional groups attached to an aromatic ring is 1. The summed E-state index contributed by atoms with van der Waals surface area (Å²) in [5, 5.41) is 2.61. The SMILES string of the molecule is Cc1cccn(CCC(=O)Nc2ccc(F)c(N)c2)c1=O. The highest BCUT2D eigenvalue weighted by molar-refractivity contribution is 5.91. The summed E-state index contributed by atoms with van der Waals surface area (Å²) >= 11 is 0. The van der Waals surface area contributed by atoms with Crippen LogP contribution in [0.15, 0.2) is 41.3 Å². The first-order valence-corrected chi connectivity index (χ1v) is 6.48. The van der Waals surface area contributed by atoms with Crippen LogP contribution in [0.5, 0.6) is 0 Å². The Morgan fingerprint density at radius 3 is 2.86 bits per heavy atom. The molecule has 1 amide bonds. The second kappa shape index (κ2) is 6.21. The van der Waals surface area contributed by atoms with Gasteiger partial charge in [0.1, 0.15) is 5.82 Å². The molecule has 0 saturated heterocycles. The average molecular weight is 289 g/mol. The lowest BCUT2D eigenvalue weighted by molar-refractivity contribution is -0.116. The number of aryl methyl sites for hydroxylation is 2. The zero-order valence-electron chi connectivity index (χ0n) is 11.6. The number of hydrogen-bond acceptors (Lipinski definition) is 3. The van der Waals surface area contributed by atoms with Crippen LogP contribution >= 0.6 is 0 Å². The van der Waals surface area contributed by atoms with E-state index in [0.29, 0.717) is 11.3 Å². The summed E-state index contributed by atoms with van der Waals surface area (Å²) in [6.45, 7) is 2.00. The predicted octanol–water partition coefficient (Wildman–Crippen LogP) is 1.91. The number of nitrogens with one attached hydrogen (secondary N) is 1. The molecule has 0 spiro atoms. The van der Waals surface area contributed by atoms with Crippen LogP contribution in [0.2, 0.25) is 0 Å². The molecule has 6 heteroatoms. The highest BCUT2D eigenvalue weighted by Gasteiger charge is 2.06. The number of anilines is 2. The van der Waals surface area contributed by atoms with Gasteiger partial charge in [0.05, 0.1) is 5.69 Å². The second-order valence-electron chi connectivity index (χ2n) is 4.72. The molecular weight excluding hydrogens is 273 g/mol. The smallest absolute Gasteiger partial charge is 0.253 e. The van der Waals surface area contributed by atoms with Gasteiger partial charge in [0.2, 0.25) is 5.91 Å². The predicted molar refractivity (Wildman–Crippen MR) is 79.5 cm³/mol. The number of pyridine rings is 1. The minimum Gasteiger partial charge on any atom is -0.396 e. The van der Waals surface area contributed by atoms with Crippen LogP contribution < -0.4 is 16.6 Å². The number of carbonyl (C=O) groups is 1. The maximum Gasteiger partial charge on any atom is 0.253 e. The molecule has 0 bridgehead atoms. The Morgan fingerprint density at radius 2 is 2.14 bits per heavy atom. The molecule has 2 aromatic rings. The molecule has 0 saturated carbocycles. The maximum absolute atomic E-state index is 13.0. The topological polar surface area (TPSA) is 77.1 Å². The van der Waals surface area contributed by atoms with Crippen LogP contribution in [-0.2, 0) is 11.3 Å². The zero-order valence-corrected chi connectivity index (χ0v) is 11.6. The standard InChI is InChI=1S/C15H16FN3O2/c1-10-3-2-7-19(15(10)21)8-6-14(20)18-11-4-5-12(16)13(17)9-11/h2-5,7,9H,6,8,17H2,1H3,(H,18,20). The highest BCUT2D eigenvalue weighted by atomic mass is 19.1. The van der Waals surface area contributed by atoms with E-state index in [4.69, 9.17) is 5.73 Å². The van der Waals surface area contributed by atoms with Crippen molar-refractivity contribution in [3.8, 4) is 0 Å². The molecule has 1 aromatic carbocycles. The molecule has 0 atom stereocenters. The highest BCUT2D eigenvalue weighted by Crippen LogP contribution is 2.16. The zero-order chi connectivity index (χ0) is 15.4. The molecule has 5 nitrogen and oxygen atoms in total. The molecule has 0 aliphatic carbocycles. The van der Waals surface area contributed by atoms with Gasteiger partial charge in [0.25, 0.3) is 5.56 Å². The molecule has 0 aliphatic rings. The van der Waals surface area contributed by atoms with Crippen LogP contribution in [0.4, 0.5) is 15.8 Å². The second-order valence-corrected chi connectivity index (χ2v) is 4.72. The number of aromatic nitrogens is 1. The van der Waals surface area contributed by atoms with Gasteiger partial charge in [0.15, 0.2) is 0 Å². The number of rotatable bonds is 4. The van der Waals surface area contributed by atoms with Crippen molar-refractivity contribution in [3.63, 3.8) is 0 Å². The quantitative estimate of drug-likeness (QED) is 0.844. The summed E-state index contributed by atoms with van der Waals surface area (Å²) < 4.78 is 14.5. The first-order valence-electron chi connectivity index (χ1n) is 6.48. The molecule has 1 heterocycles. The van der Waals surface area contributed by atoms with E-state index >= 15 is 0 Å². The number of benzene rings is 1. The van der Waals surface area contributed by atoms with Crippen molar-refractivity contribution in [2.24, 2.45) is 0 Å². The van der Waals surface area contributed by atoms with E-state index in [9.17, 15) is 14.0 Å². The van der Waals surface area contributed by atoms with E-state index < -0.39 is 5.82 Å². The van der Waals surface area contributed by atoms with Gasteiger partial charge in [-0.15, -0.1) is 0 Å². The van der Waals surface area contributed by atoms with Crippen LogP contribution in [0.25, 0.3) is 0 Å². The van der Waals surface area contributed by atoms with Crippen molar-refractivity contribution in [2.75, 3.05) is 11.1 Å². The number of hydrogen-bond donors (Lipinski definition) is 2. The summed E-state index contributed by atoms with van der Waals surface area (Å²) in [7, 11) is 0. The Bertz CT molecular complexity index is 725. The monoisotopic (exact) mass is 289 g/mol. The fourth-order valence-electron chi connectivity index (χ4n) is 1.90. The lowest BCUT2D eigenvalue weighted by Crippen LogP contribution is -2.24. The number of nitrogens with zero attached hydrogens (tertiary/aromatic N) is 1. The van der Waals surface area contributed by atoms with Gasteiger partial charge in [0, 0.05) is 30.4 Å². The van der Waals surface area contributed by atoms with Crippen molar-refractivity contribution >= 4 is 17.3 Å². The molecule has 1 aromatic heterocycles. The normalized spacial score (nSPS) is 10.4. The van der Waals surface area contributed by atoms with Crippen molar-refractivity contribution in [1.82, 2.24) is 4.57 Å². The van der Waals surface area contributed by atoms with Crippen LogP contribution in [0.1, 0.15) is 12.0 Å². The molecular formula is C15H16FN3O2. The van der Waals surface area contributed by atoms with Crippen molar-refractivity contribution in [3.05, 3.63) is 58.3 Å². The van der Waals surface area contributed by atoms with Crippen LogP contribution in [-0.4, -0.2) is 10.5 Å². The summed E-state index contributed by atoms with van der Waals surface area (Å²) in [5.41, 5.74) is 6.34. The van der Waals surface area contributed by atoms with Crippen molar-refractivity contribution in [1.29, 1.82) is 0 Å². The van der Waals surface area contributed by atoms with Gasteiger partial charge < -0.3 is 15.6 Å². The van der Waals surface area contributed by atoms with E-state index in [1.807, 2.05) is 0 Å². The number of carbonyl (C=O) groups excluding carboxylic acids is 1. The molecule has 3 N–H and O–H groups in total. The van der Waals surface area contributed by atoms with E-state index in [0.717, 1.165) is 0 Å². The fraction of sp³-hybridized carbons (Fsp3) is 0.200. The largest absolute Gasteiger partial charge is 0.396 e. The molecule has 0 fully saturated rings. The van der Waals surface area contributed by atoms with E-state index in [2.05, 4.69) is 5.32 Å². The molecule has 110 valence electrons. The third-order valence-electron chi connectivity index (χ3n) is 3.07. The summed E-state index contributed by atoms with van der Waals surface area (Å²) in [4.78, 5) is 23.6. The molecule has 2 rings (SSSR count). The van der Waals surface area contributed by atoms with Crippen molar-refractivity contribution in [2.45, 2.75) is 19.9 Å². The Balaban J connectivity index is 1.97. The Morgan fingerprint density at radius 1 is 1.38 bits per heavy atom. The maximum atomic E-state index is 13.0. The number of amides is 1. The van der Waals surface area contributed by atoms with E-state index in [1.165, 1.54) is 22.8 Å². The summed E-state index contributed by atoms with van der Waals surface area (Å²) in [5.74, 6) is -0.797. The third-order valence-corrected chi connectivity index (χ3v) is 3.07. The Hall–Kier alpha value is -2.63. The van der Waals surface area contributed by atoms with Crippen molar-refractivity contribution < 1.29 is 9.18 Å². The molecule has 0 radical (unpaired) electrons.